The maximum atomic E-state index is 12.5. The van der Waals surface area contributed by atoms with Gasteiger partial charge in [-0.2, -0.15) is 0 Å². The summed E-state index contributed by atoms with van der Waals surface area (Å²) < 4.78 is 80.2. The first-order chi connectivity index (χ1) is 28.7. The molecule has 0 spiro atoms. The molecule has 0 aliphatic carbocycles. The first-order valence-electron chi connectivity index (χ1n) is 25.7. The molecule has 0 aromatic carbocycles. The van der Waals surface area contributed by atoms with Crippen molar-refractivity contribution in [2.45, 2.75) is 237 Å². The van der Waals surface area contributed by atoms with Crippen LogP contribution in [0.1, 0.15) is 237 Å². The van der Waals surface area contributed by atoms with Crippen LogP contribution in [0.15, 0.2) is 0 Å². The van der Waals surface area contributed by atoms with Crippen LogP contribution in [0.4, 0.5) is 0 Å². The molecule has 0 rings (SSSR count). The fourth-order valence-corrected chi connectivity index (χ4v) is 20.1. The third-order valence-corrected chi connectivity index (χ3v) is 24.6. The van der Waals surface area contributed by atoms with Gasteiger partial charge in [-0.3, -0.25) is 0 Å². The summed E-state index contributed by atoms with van der Waals surface area (Å²) in [4.78, 5) is 0. The molecule has 383 valence electrons. The Balaban J connectivity index is -0.000000161. The summed E-state index contributed by atoms with van der Waals surface area (Å²) in [5.74, 6) is 0. The van der Waals surface area contributed by atoms with E-state index in [1.54, 1.807) is 0 Å². The van der Waals surface area contributed by atoms with E-state index < -0.39 is 38.8 Å². The number of hydrogen-bond donors (Lipinski definition) is 3. The molecule has 0 fully saturated rings. The molecule has 0 aliphatic rings. The van der Waals surface area contributed by atoms with E-state index in [0.29, 0.717) is 0 Å². The zero-order valence-corrected chi connectivity index (χ0v) is 48.8. The van der Waals surface area contributed by atoms with Gasteiger partial charge in [-0.15, -0.1) is 0 Å². The molecule has 0 amide bonds. The second-order valence-electron chi connectivity index (χ2n) is 17.6. The van der Waals surface area contributed by atoms with Crippen LogP contribution in [0.5, 0.6) is 0 Å². The van der Waals surface area contributed by atoms with Crippen molar-refractivity contribution >= 4 is 28.6 Å². The molecule has 0 saturated heterocycles. The summed E-state index contributed by atoms with van der Waals surface area (Å²) in [6.45, 7) is 26.2. The Morgan fingerprint density at radius 2 is 0.339 bits per heavy atom. The topological polar surface area (TPSA) is 152 Å². The van der Waals surface area contributed by atoms with Crippen LogP contribution in [-0.4, -0.2) is 87.9 Å². The van der Waals surface area contributed by atoms with Gasteiger partial charge < -0.3 is 18.3 Å². The maximum absolute atomic E-state index is 12.5. The van der Waals surface area contributed by atoms with Gasteiger partial charge in [0.25, 0.3) is 0 Å². The SMILES string of the molecule is CCCCP(=O)(CCCC)CCCC.CCCCP(=O)(CCCC)CCCC.CCCCP(=O)(CCCC)CCCC.CCCCP(=O)(CCCC)CCCC.[Fe+3].[O-][Cl+](O)(O)O. The van der Waals surface area contributed by atoms with Crippen LogP contribution in [0.2, 0.25) is 0 Å². The summed E-state index contributed by atoms with van der Waals surface area (Å²) in [7, 11) is -11.3. The first kappa shape index (κ1) is 75.1. The quantitative estimate of drug-likeness (QED) is 0.0414. The van der Waals surface area contributed by atoms with E-state index in [1.807, 2.05) is 0 Å². The fourth-order valence-electron chi connectivity index (χ4n) is 6.70. The van der Waals surface area contributed by atoms with Crippen LogP contribution in [0.25, 0.3) is 0 Å². The van der Waals surface area contributed by atoms with Gasteiger partial charge in [-0.05, 0) is 77.0 Å². The summed E-state index contributed by atoms with van der Waals surface area (Å²) in [5, 5.41) is 0. The van der Waals surface area contributed by atoms with Crippen molar-refractivity contribution in [3.63, 3.8) is 0 Å². The van der Waals surface area contributed by atoms with E-state index in [4.69, 9.17) is 18.6 Å². The van der Waals surface area contributed by atoms with E-state index in [2.05, 4.69) is 83.1 Å². The van der Waals surface area contributed by atoms with E-state index >= 15 is 0 Å². The standard InChI is InChI=1S/4C12H27OP.ClH3O4.Fe/c4*1-4-7-10-14(13,11-8-5-2)12-9-6-3;2-1(3,4)5;/h4*4-12H2,1-3H3;2-4H;/q;;;;;+3. The monoisotopic (exact) mass is 1030 g/mol. The average Bonchev–Trinajstić information content (AvgIpc) is 3.23. The van der Waals surface area contributed by atoms with E-state index in [0.717, 1.165) is 151 Å². The molecule has 0 atom stereocenters. The molecule has 0 unspecified atom stereocenters. The summed E-state index contributed by atoms with van der Waals surface area (Å²) in [6, 6.07) is 0. The van der Waals surface area contributed by atoms with Crippen LogP contribution in [0, 0.1) is 10.2 Å². The van der Waals surface area contributed by atoms with Gasteiger partial charge in [-0.25, -0.2) is 0 Å². The molecule has 3 N–H and O–H groups in total. The van der Waals surface area contributed by atoms with Crippen molar-refractivity contribution in [2.24, 2.45) is 0 Å². The van der Waals surface area contributed by atoms with Gasteiger partial charge in [-0.1, -0.05) is 160 Å². The predicted molar refractivity (Wildman–Crippen MR) is 274 cm³/mol. The van der Waals surface area contributed by atoms with Crippen molar-refractivity contribution in [3.8, 4) is 0 Å². The molecule has 0 aromatic heterocycles. The summed E-state index contributed by atoms with van der Waals surface area (Å²) in [5.41, 5.74) is 0. The number of hydrogen-bond acceptors (Lipinski definition) is 8. The van der Waals surface area contributed by atoms with Gasteiger partial charge >= 0.3 is 45.9 Å². The molecule has 0 aromatic rings. The molecule has 62 heavy (non-hydrogen) atoms. The number of rotatable bonds is 36. The van der Waals surface area contributed by atoms with Gasteiger partial charge in [0.2, 0.25) is 0 Å². The molecule has 1 radical (unpaired) electrons. The minimum absolute atomic E-state index is 0. The fraction of sp³-hybridized carbons (Fsp3) is 1.00. The first-order valence-corrected chi connectivity index (χ1v) is 36.0. The van der Waals surface area contributed by atoms with Crippen LogP contribution in [0.3, 0.4) is 0 Å². The molecule has 14 heteroatoms. The van der Waals surface area contributed by atoms with Crippen LogP contribution in [-0.2, 0) is 35.3 Å². The Morgan fingerprint density at radius 3 is 0.387 bits per heavy atom. The van der Waals surface area contributed by atoms with E-state index in [9.17, 15) is 18.3 Å². The Labute approximate surface area is 401 Å². The molecule has 8 nitrogen and oxygen atoms in total. The predicted octanol–water partition coefficient (Wildman–Crippen LogP) is 16.1. The Bertz CT molecular complexity index is 806. The van der Waals surface area contributed by atoms with Crippen LogP contribution < -0.4 is 4.66 Å². The second-order valence-corrected chi connectivity index (χ2v) is 32.3. The molecule has 0 aliphatic heterocycles. The zero-order valence-electron chi connectivity index (χ0n) is 43.4. The second kappa shape index (κ2) is 52.0. The van der Waals surface area contributed by atoms with Gasteiger partial charge in [0.05, 0.1) is 28.6 Å². The average molecular weight is 1030 g/mol. The summed E-state index contributed by atoms with van der Waals surface area (Å²) in [6.07, 6.45) is 40.1. The Hall–Kier alpha value is 1.57. The third-order valence-electron chi connectivity index (χ3n) is 11.0. The number of unbranched alkanes of at least 4 members (excludes halogenated alkanes) is 12. The zero-order chi connectivity index (χ0) is 48.0. The molecular weight excluding hydrogens is 920 g/mol. The van der Waals surface area contributed by atoms with Crippen molar-refractivity contribution in [1.29, 1.82) is 0 Å². The summed E-state index contributed by atoms with van der Waals surface area (Å²) >= 11 is 0. The molecular formula is C48H111ClFeO8P4+3. The van der Waals surface area contributed by atoms with Crippen LogP contribution >= 0.6 is 28.6 Å². The van der Waals surface area contributed by atoms with Crippen molar-refractivity contribution < 1.29 is 64.2 Å². The van der Waals surface area contributed by atoms with Crippen molar-refractivity contribution in [2.75, 3.05) is 73.9 Å². The van der Waals surface area contributed by atoms with Gasteiger partial charge in [0.15, 0.2) is 0 Å². The number of halogens is 1. The van der Waals surface area contributed by atoms with Crippen molar-refractivity contribution in [1.82, 2.24) is 0 Å². The third kappa shape index (κ3) is 59.6. The minimum atomic E-state index is -4.19. The molecule has 0 saturated carbocycles. The Kier molecular flexibility index (Phi) is 62.9. The normalized spacial score (nSPS) is 12.0. The Morgan fingerprint density at radius 1 is 0.274 bits per heavy atom. The van der Waals surface area contributed by atoms with E-state index in [-0.39, 0.29) is 17.1 Å². The molecule has 0 bridgehead atoms. The molecule has 0 heterocycles. The van der Waals surface area contributed by atoms with Gasteiger partial charge in [0.1, 0.15) is 0 Å². The van der Waals surface area contributed by atoms with E-state index in [1.165, 1.54) is 77.0 Å². The van der Waals surface area contributed by atoms with Crippen molar-refractivity contribution in [3.05, 3.63) is 0 Å². The van der Waals surface area contributed by atoms with Gasteiger partial charge in [0, 0.05) is 73.9 Å².